The Morgan fingerprint density at radius 2 is 1.59 bits per heavy atom. The molecule has 5 nitrogen and oxygen atoms in total. The van der Waals surface area contributed by atoms with E-state index in [1.54, 1.807) is 0 Å². The highest BCUT2D eigenvalue weighted by Crippen LogP contribution is 2.39. The summed E-state index contributed by atoms with van der Waals surface area (Å²) in [5.41, 5.74) is 0.971. The van der Waals surface area contributed by atoms with E-state index in [-0.39, 0.29) is 22.7 Å². The van der Waals surface area contributed by atoms with E-state index in [2.05, 4.69) is 78.1 Å². The molecule has 0 aliphatic carbocycles. The Labute approximate surface area is 251 Å². The Bertz CT molecular complexity index is 1290. The molecule has 3 aromatic carbocycles. The number of hydrogen-bond acceptors (Lipinski definition) is 6. The minimum atomic E-state index is -2.30. The lowest BCUT2D eigenvalue weighted by molar-refractivity contribution is -0.148. The van der Waals surface area contributed by atoms with E-state index in [4.69, 9.17) is 13.9 Å². The van der Waals surface area contributed by atoms with Crippen LogP contribution < -0.4 is 0 Å². The molecule has 0 radical (unpaired) electrons. The summed E-state index contributed by atoms with van der Waals surface area (Å²) in [7, 11) is -0.850. The van der Waals surface area contributed by atoms with Crippen LogP contribution in [0.4, 0.5) is 0 Å². The van der Waals surface area contributed by atoms with Gasteiger partial charge in [0, 0.05) is 12.0 Å². The van der Waals surface area contributed by atoms with Crippen LogP contribution in [0, 0.1) is 5.92 Å². The molecule has 0 saturated heterocycles. The molecule has 222 valence electrons. The molecule has 41 heavy (non-hydrogen) atoms. The summed E-state index contributed by atoms with van der Waals surface area (Å²) in [6.07, 6.45) is 0.243. The SMILES string of the molecule is CO[C@@H](C(=O)Sc1ccccc1)[C@@H](O)[C@@H](OCc1ccc2ccccc2c1)[C@@H](/C=C/C(C)C)O[Si](C)(C)C(C)(C)C. The van der Waals surface area contributed by atoms with Crippen molar-refractivity contribution < 1.29 is 23.8 Å². The Kier molecular flexibility index (Phi) is 12.0. The van der Waals surface area contributed by atoms with Crippen LogP contribution in [0.5, 0.6) is 0 Å². The van der Waals surface area contributed by atoms with Gasteiger partial charge in [-0.25, -0.2) is 0 Å². The van der Waals surface area contributed by atoms with Crippen molar-refractivity contribution in [3.63, 3.8) is 0 Å². The van der Waals surface area contributed by atoms with Gasteiger partial charge in [-0.3, -0.25) is 4.79 Å². The first kappa shape index (κ1) is 33.2. The van der Waals surface area contributed by atoms with Crippen LogP contribution >= 0.6 is 11.8 Å². The smallest absolute Gasteiger partial charge is 0.225 e. The molecule has 0 heterocycles. The summed E-state index contributed by atoms with van der Waals surface area (Å²) in [6, 6.07) is 23.8. The standard InChI is InChI=1S/C34H46O5SSi/c1-24(2)18-21-29(39-41(7,8)34(3,4)5)31(38-23-25-19-20-26-14-12-13-15-27(26)22-25)30(35)32(37-6)33(36)40-28-16-10-9-11-17-28/h9-22,24,29-32,35H,23H2,1-8H3/b21-18+/t29-,30+,31+,32-/m1/s1. The van der Waals surface area contributed by atoms with E-state index in [9.17, 15) is 9.90 Å². The Balaban J connectivity index is 1.97. The van der Waals surface area contributed by atoms with Crippen LogP contribution in [0.1, 0.15) is 40.2 Å². The molecule has 0 spiro atoms. The van der Waals surface area contributed by atoms with Crippen molar-refractivity contribution in [3.05, 3.63) is 90.5 Å². The van der Waals surface area contributed by atoms with Crippen molar-refractivity contribution >= 4 is 36.0 Å². The van der Waals surface area contributed by atoms with Crippen LogP contribution in [0.25, 0.3) is 10.8 Å². The van der Waals surface area contributed by atoms with E-state index >= 15 is 0 Å². The van der Waals surface area contributed by atoms with Gasteiger partial charge in [-0.05, 0) is 70.3 Å². The van der Waals surface area contributed by atoms with Gasteiger partial charge in [0.05, 0.1) is 12.7 Å². The summed E-state index contributed by atoms with van der Waals surface area (Å²) in [6.45, 7) is 15.3. The highest BCUT2D eigenvalue weighted by molar-refractivity contribution is 8.13. The van der Waals surface area contributed by atoms with Crippen molar-refractivity contribution in [1.82, 2.24) is 0 Å². The molecule has 3 rings (SSSR count). The van der Waals surface area contributed by atoms with Crippen LogP contribution in [-0.2, 0) is 25.3 Å². The topological polar surface area (TPSA) is 65.0 Å². The van der Waals surface area contributed by atoms with Gasteiger partial charge in [-0.2, -0.15) is 0 Å². The largest absolute Gasteiger partial charge is 0.408 e. The second-order valence-electron chi connectivity index (χ2n) is 12.3. The third-order valence-electron chi connectivity index (χ3n) is 7.60. The van der Waals surface area contributed by atoms with Gasteiger partial charge in [0.15, 0.2) is 14.4 Å². The zero-order chi connectivity index (χ0) is 30.2. The first-order chi connectivity index (χ1) is 19.3. The van der Waals surface area contributed by atoms with Crippen LogP contribution in [-0.4, -0.2) is 50.1 Å². The number of aliphatic hydroxyl groups is 1. The molecule has 0 bridgehead atoms. The van der Waals surface area contributed by atoms with Crippen LogP contribution in [0.2, 0.25) is 18.1 Å². The molecule has 3 aromatic rings. The molecule has 0 aromatic heterocycles. The van der Waals surface area contributed by atoms with Gasteiger partial charge in [-0.15, -0.1) is 0 Å². The minimum Gasteiger partial charge on any atom is -0.408 e. The van der Waals surface area contributed by atoms with Crippen LogP contribution in [0.3, 0.4) is 0 Å². The molecule has 1 N–H and O–H groups in total. The van der Waals surface area contributed by atoms with Crippen molar-refractivity contribution in [2.45, 2.75) is 88.7 Å². The van der Waals surface area contributed by atoms with Gasteiger partial charge >= 0.3 is 0 Å². The van der Waals surface area contributed by atoms with Crippen molar-refractivity contribution in [1.29, 1.82) is 0 Å². The summed E-state index contributed by atoms with van der Waals surface area (Å²) in [4.78, 5) is 14.2. The molecule has 0 fully saturated rings. The number of fused-ring (bicyclic) bond motifs is 1. The number of benzene rings is 3. The predicted molar refractivity (Wildman–Crippen MR) is 173 cm³/mol. The molecular weight excluding hydrogens is 549 g/mol. The second kappa shape index (κ2) is 14.8. The third-order valence-corrected chi connectivity index (χ3v) is 13.0. The summed E-state index contributed by atoms with van der Waals surface area (Å²) in [5.74, 6) is 0.271. The van der Waals surface area contributed by atoms with E-state index < -0.39 is 32.7 Å². The number of thioether (sulfide) groups is 1. The molecule has 7 heteroatoms. The number of carbonyl (C=O) groups excluding carboxylic acids is 1. The summed E-state index contributed by atoms with van der Waals surface area (Å²) < 4.78 is 19.1. The van der Waals surface area contributed by atoms with E-state index in [1.807, 2.05) is 54.6 Å². The van der Waals surface area contributed by atoms with Gasteiger partial charge in [0.25, 0.3) is 0 Å². The number of aliphatic hydroxyl groups excluding tert-OH is 1. The maximum absolute atomic E-state index is 13.4. The fourth-order valence-corrected chi connectivity index (χ4v) is 6.31. The average molecular weight is 595 g/mol. The average Bonchev–Trinajstić information content (AvgIpc) is 2.91. The monoisotopic (exact) mass is 594 g/mol. The quantitative estimate of drug-likeness (QED) is 0.123. The van der Waals surface area contributed by atoms with Gasteiger partial charge in [-0.1, -0.05) is 101 Å². The maximum atomic E-state index is 13.4. The lowest BCUT2D eigenvalue weighted by atomic mass is 10.0. The molecule has 0 amide bonds. The lowest BCUT2D eigenvalue weighted by Crippen LogP contribution is -2.53. The lowest BCUT2D eigenvalue weighted by Gasteiger charge is -2.42. The second-order valence-corrected chi connectivity index (χ2v) is 18.1. The van der Waals surface area contributed by atoms with Crippen molar-refractivity contribution in [2.75, 3.05) is 7.11 Å². The number of methoxy groups -OCH3 is 1. The van der Waals surface area contributed by atoms with Crippen molar-refractivity contribution in [3.8, 4) is 0 Å². The molecular formula is C34H46O5SSi. The third kappa shape index (κ3) is 9.37. The Morgan fingerprint density at radius 3 is 2.20 bits per heavy atom. The summed E-state index contributed by atoms with van der Waals surface area (Å²) in [5, 5.41) is 13.7. The highest BCUT2D eigenvalue weighted by atomic mass is 32.2. The van der Waals surface area contributed by atoms with Crippen LogP contribution in [0.15, 0.2) is 89.8 Å². The van der Waals surface area contributed by atoms with E-state index in [0.717, 1.165) is 33.0 Å². The fourth-order valence-electron chi connectivity index (χ4n) is 4.18. The highest BCUT2D eigenvalue weighted by Gasteiger charge is 2.44. The molecule has 4 atom stereocenters. The van der Waals surface area contributed by atoms with E-state index in [1.165, 1.54) is 7.11 Å². The number of rotatable bonds is 13. The Morgan fingerprint density at radius 1 is 0.951 bits per heavy atom. The number of carbonyl (C=O) groups is 1. The zero-order valence-electron chi connectivity index (χ0n) is 25.7. The summed E-state index contributed by atoms with van der Waals surface area (Å²) >= 11 is 1.06. The fraction of sp³-hybridized carbons (Fsp3) is 0.441. The molecule has 0 unspecified atom stereocenters. The van der Waals surface area contributed by atoms with E-state index in [0.29, 0.717) is 0 Å². The minimum absolute atomic E-state index is 0.0651. The van der Waals surface area contributed by atoms with Gasteiger partial charge < -0.3 is 19.0 Å². The number of allylic oxidation sites excluding steroid dienone is 1. The maximum Gasteiger partial charge on any atom is 0.225 e. The first-order valence-electron chi connectivity index (χ1n) is 14.3. The number of ether oxygens (including phenoxy) is 2. The number of hydrogen-bond donors (Lipinski definition) is 1. The Hall–Kier alpha value is -2.26. The molecule has 0 saturated carbocycles. The molecule has 0 aliphatic rings. The first-order valence-corrected chi connectivity index (χ1v) is 18.0. The zero-order valence-corrected chi connectivity index (χ0v) is 27.5. The normalized spacial score (nSPS) is 15.8. The predicted octanol–water partition coefficient (Wildman–Crippen LogP) is 8.02. The van der Waals surface area contributed by atoms with Crippen molar-refractivity contribution in [2.24, 2.45) is 5.92 Å². The van der Waals surface area contributed by atoms with Gasteiger partial charge in [0.1, 0.15) is 12.2 Å². The van der Waals surface area contributed by atoms with Gasteiger partial charge in [0.2, 0.25) is 5.12 Å². The molecule has 0 aliphatic heterocycles.